The van der Waals surface area contributed by atoms with E-state index in [2.05, 4.69) is 245 Å². The summed E-state index contributed by atoms with van der Waals surface area (Å²) in [6.07, 6.45) is 0. The van der Waals surface area contributed by atoms with Gasteiger partial charge in [-0.05, 0) is 118 Å². The van der Waals surface area contributed by atoms with E-state index in [9.17, 15) is 0 Å². The maximum atomic E-state index is 2.35. The van der Waals surface area contributed by atoms with Gasteiger partial charge in [-0.2, -0.15) is 0 Å². The van der Waals surface area contributed by atoms with Crippen LogP contribution in [-0.4, -0.2) is 4.57 Å². The van der Waals surface area contributed by atoms with Crippen LogP contribution in [-0.2, 0) is 10.8 Å². The fourth-order valence-electron chi connectivity index (χ4n) is 11.0. The Morgan fingerprint density at radius 2 is 0.694 bits per heavy atom. The van der Waals surface area contributed by atoms with E-state index < -0.39 is 0 Å². The first-order chi connectivity index (χ1) is 30.3. The summed E-state index contributed by atoms with van der Waals surface area (Å²) in [5.41, 5.74) is 24.5. The van der Waals surface area contributed by atoms with Gasteiger partial charge in [0, 0.05) is 21.9 Å². The van der Waals surface area contributed by atoms with Crippen LogP contribution in [0, 0.1) is 20.8 Å². The first kappa shape index (κ1) is 37.8. The number of nitrogens with zero attached hydrogens (tertiary/aromatic N) is 1. The molecule has 0 aliphatic heterocycles. The molecule has 62 heavy (non-hydrogen) atoms. The molecule has 13 rings (SSSR count). The van der Waals surface area contributed by atoms with Gasteiger partial charge in [-0.15, -0.1) is 0 Å². The van der Waals surface area contributed by atoms with Crippen LogP contribution < -0.4 is 0 Å². The zero-order valence-corrected chi connectivity index (χ0v) is 36.1. The number of fused-ring (bicyclic) bond motifs is 16. The molecule has 3 aliphatic carbocycles. The second-order valence-corrected chi connectivity index (χ2v) is 17.9. The minimum absolute atomic E-state index is 0.152. The second kappa shape index (κ2) is 14.5. The maximum absolute atomic E-state index is 2.35. The molecule has 9 aromatic carbocycles. The molecule has 0 amide bonds. The molecule has 0 atom stereocenters. The normalized spacial score (nSPS) is 13.8. The predicted molar refractivity (Wildman–Crippen MR) is 262 cm³/mol. The van der Waals surface area contributed by atoms with Crippen molar-refractivity contribution in [3.8, 4) is 39.1 Å². The van der Waals surface area contributed by atoms with Crippen molar-refractivity contribution in [2.75, 3.05) is 0 Å². The lowest BCUT2D eigenvalue weighted by Gasteiger charge is -2.30. The van der Waals surface area contributed by atoms with E-state index in [1.165, 1.54) is 111 Å². The Hall–Kier alpha value is -7.22. The lowest BCUT2D eigenvalue weighted by Crippen LogP contribution is -2.25. The fraction of sp³-hybridized carbons (Fsp3) is 0.115. The van der Waals surface area contributed by atoms with Gasteiger partial charge in [-0.3, -0.25) is 0 Å². The van der Waals surface area contributed by atoms with Gasteiger partial charge in [0.25, 0.3) is 0 Å². The standard InChI is InChI=1S/C26H18.C19H15N.C16H16/c1-17-14-15-25-21(16-17)20-10-4-7-13-24(20)26(25)22-11-5-2-8-18(22)19-9-3-6-12-23(19)26;1-14-11-12-19-17(13-14)16-9-5-6-10-18(16)20(19)15-7-3-2-4-8-15;1-11-8-9-15-13(10-11)12-6-4-5-7-14(12)16(15,2)3/h2-16H,1H3;2-13H,1H3;4-10H,1-3H3. The molecule has 0 N–H and O–H groups in total. The van der Waals surface area contributed by atoms with Gasteiger partial charge >= 0.3 is 0 Å². The third kappa shape index (κ3) is 5.61. The number of hydrogen-bond acceptors (Lipinski definition) is 0. The van der Waals surface area contributed by atoms with E-state index in [-0.39, 0.29) is 10.8 Å². The molecule has 1 heteroatoms. The van der Waals surface area contributed by atoms with Crippen LogP contribution in [0.2, 0.25) is 0 Å². The SMILES string of the molecule is Cc1ccc2c(c1)-c1ccccc1C2(C)C.Cc1ccc2c(c1)-c1ccccc1C21c2ccccc2-c2ccccc21.Cc1ccc2c(c1)c1ccccc1n2-c1ccccc1. The number of hydrogen-bond donors (Lipinski definition) is 0. The molecule has 0 unspecified atom stereocenters. The highest BCUT2D eigenvalue weighted by Crippen LogP contribution is 2.62. The predicted octanol–water partition coefficient (Wildman–Crippen LogP) is 15.7. The zero-order chi connectivity index (χ0) is 42.2. The van der Waals surface area contributed by atoms with E-state index in [0.29, 0.717) is 0 Å². The highest BCUT2D eigenvalue weighted by atomic mass is 15.0. The Kier molecular flexibility index (Phi) is 8.81. The van der Waals surface area contributed by atoms with Crippen molar-refractivity contribution in [1.82, 2.24) is 4.57 Å². The van der Waals surface area contributed by atoms with E-state index in [1.54, 1.807) is 0 Å². The molecule has 1 heterocycles. The van der Waals surface area contributed by atoms with Gasteiger partial charge in [0.15, 0.2) is 0 Å². The summed E-state index contributed by atoms with van der Waals surface area (Å²) < 4.78 is 2.34. The van der Waals surface area contributed by atoms with E-state index >= 15 is 0 Å². The van der Waals surface area contributed by atoms with Crippen molar-refractivity contribution < 1.29 is 0 Å². The monoisotopic (exact) mass is 795 g/mol. The second-order valence-electron chi connectivity index (χ2n) is 17.9. The van der Waals surface area contributed by atoms with Gasteiger partial charge in [-0.1, -0.05) is 206 Å². The summed E-state index contributed by atoms with van der Waals surface area (Å²) in [7, 11) is 0. The molecule has 0 saturated carbocycles. The molecule has 0 fully saturated rings. The Balaban J connectivity index is 0.000000108. The van der Waals surface area contributed by atoms with Crippen LogP contribution in [0.3, 0.4) is 0 Å². The molecule has 1 aromatic heterocycles. The Morgan fingerprint density at radius 1 is 0.306 bits per heavy atom. The van der Waals surface area contributed by atoms with Crippen molar-refractivity contribution >= 4 is 21.8 Å². The van der Waals surface area contributed by atoms with Crippen molar-refractivity contribution in [3.05, 3.63) is 256 Å². The molecular weight excluding hydrogens is 747 g/mol. The first-order valence-corrected chi connectivity index (χ1v) is 21.9. The number of aryl methyl sites for hydroxylation is 3. The third-order valence-corrected chi connectivity index (χ3v) is 13.7. The summed E-state index contributed by atoms with van der Waals surface area (Å²) in [6.45, 7) is 11.1. The Labute approximate surface area is 365 Å². The minimum Gasteiger partial charge on any atom is -0.309 e. The van der Waals surface area contributed by atoms with Gasteiger partial charge in [0.2, 0.25) is 0 Å². The van der Waals surface area contributed by atoms with E-state index in [0.717, 1.165) is 0 Å². The van der Waals surface area contributed by atoms with Crippen molar-refractivity contribution in [1.29, 1.82) is 0 Å². The van der Waals surface area contributed by atoms with E-state index in [4.69, 9.17) is 0 Å². The summed E-state index contributed by atoms with van der Waals surface area (Å²) in [4.78, 5) is 0. The van der Waals surface area contributed by atoms with Crippen LogP contribution in [0.1, 0.15) is 63.9 Å². The van der Waals surface area contributed by atoms with Crippen LogP contribution >= 0.6 is 0 Å². The molecule has 0 radical (unpaired) electrons. The zero-order valence-electron chi connectivity index (χ0n) is 36.1. The average molecular weight is 796 g/mol. The Morgan fingerprint density at radius 3 is 1.31 bits per heavy atom. The molecule has 1 nitrogen and oxygen atoms in total. The molecule has 0 bridgehead atoms. The van der Waals surface area contributed by atoms with Gasteiger partial charge in [-0.25, -0.2) is 0 Å². The lowest BCUT2D eigenvalue weighted by atomic mass is 9.70. The fourth-order valence-corrected chi connectivity index (χ4v) is 11.0. The number of benzene rings is 9. The molecule has 0 saturated heterocycles. The average Bonchev–Trinajstić information content (AvgIpc) is 3.97. The Bertz CT molecular complexity index is 3310. The lowest BCUT2D eigenvalue weighted by molar-refractivity contribution is 0.660. The largest absolute Gasteiger partial charge is 0.309 e. The molecule has 1 spiro atoms. The van der Waals surface area contributed by atoms with Gasteiger partial charge in [0.05, 0.1) is 16.4 Å². The first-order valence-electron chi connectivity index (χ1n) is 21.9. The molecular formula is C61H49N. The van der Waals surface area contributed by atoms with Crippen molar-refractivity contribution in [2.24, 2.45) is 0 Å². The summed E-state index contributed by atoms with van der Waals surface area (Å²) in [6, 6.07) is 75.2. The van der Waals surface area contributed by atoms with Gasteiger partial charge in [0.1, 0.15) is 0 Å². The number of para-hydroxylation sites is 2. The summed E-state index contributed by atoms with van der Waals surface area (Å²) in [5.74, 6) is 0. The van der Waals surface area contributed by atoms with Gasteiger partial charge < -0.3 is 4.57 Å². The maximum Gasteiger partial charge on any atom is 0.0725 e. The third-order valence-electron chi connectivity index (χ3n) is 13.7. The van der Waals surface area contributed by atoms with E-state index in [1.807, 2.05) is 0 Å². The summed E-state index contributed by atoms with van der Waals surface area (Å²) in [5, 5.41) is 2.64. The number of rotatable bonds is 1. The topological polar surface area (TPSA) is 4.93 Å². The quantitative estimate of drug-likeness (QED) is 0.156. The van der Waals surface area contributed by atoms with Crippen LogP contribution in [0.15, 0.2) is 206 Å². The minimum atomic E-state index is -0.188. The highest BCUT2D eigenvalue weighted by molar-refractivity contribution is 6.09. The number of aromatic nitrogens is 1. The highest BCUT2D eigenvalue weighted by Gasteiger charge is 2.51. The van der Waals surface area contributed by atoms with Crippen molar-refractivity contribution in [3.63, 3.8) is 0 Å². The molecule has 3 aliphatic rings. The van der Waals surface area contributed by atoms with Crippen LogP contribution in [0.25, 0.3) is 60.9 Å². The molecule has 298 valence electrons. The molecule has 10 aromatic rings. The summed E-state index contributed by atoms with van der Waals surface area (Å²) >= 11 is 0. The van der Waals surface area contributed by atoms with Crippen LogP contribution in [0.5, 0.6) is 0 Å². The van der Waals surface area contributed by atoms with Crippen molar-refractivity contribution in [2.45, 2.75) is 45.4 Å². The van der Waals surface area contributed by atoms with Crippen LogP contribution in [0.4, 0.5) is 0 Å². The smallest absolute Gasteiger partial charge is 0.0725 e.